The fourth-order valence-electron chi connectivity index (χ4n) is 8.46. The van der Waals surface area contributed by atoms with Gasteiger partial charge in [0.05, 0.1) is 5.60 Å². The van der Waals surface area contributed by atoms with Crippen molar-refractivity contribution in [1.82, 2.24) is 0 Å². The summed E-state index contributed by atoms with van der Waals surface area (Å²) >= 11 is 0. The molecule has 0 bridgehead atoms. The van der Waals surface area contributed by atoms with Gasteiger partial charge in [-0.3, -0.25) is 4.79 Å². The Morgan fingerprint density at radius 2 is 1.76 bits per heavy atom. The lowest BCUT2D eigenvalue weighted by Gasteiger charge is -2.61. The molecule has 0 amide bonds. The zero-order valence-electron chi connectivity index (χ0n) is 18.6. The number of fused-ring (bicyclic) bond motifs is 5. The maximum atomic E-state index is 12.6. The van der Waals surface area contributed by atoms with Gasteiger partial charge in [-0.2, -0.15) is 0 Å². The molecule has 1 aromatic rings. The van der Waals surface area contributed by atoms with Crippen LogP contribution in [0.2, 0.25) is 0 Å². The first-order valence-corrected chi connectivity index (χ1v) is 12.0. The number of Topliss-reactive ketones (excluding diaryl/α,β-unsaturated/α-hetero) is 1. The number of benzene rings is 1. The molecule has 7 atom stereocenters. The lowest BCUT2D eigenvalue weighted by Crippen LogP contribution is -2.56. The highest BCUT2D eigenvalue weighted by molar-refractivity contribution is 5.87. The van der Waals surface area contributed by atoms with Crippen LogP contribution in [0.25, 0.3) is 0 Å². The van der Waals surface area contributed by atoms with E-state index >= 15 is 0 Å². The Morgan fingerprint density at radius 1 is 0.966 bits per heavy atom. The topological polar surface area (TPSA) is 26.3 Å². The summed E-state index contributed by atoms with van der Waals surface area (Å²) in [6.07, 6.45) is 11.8. The average molecular weight is 395 g/mol. The summed E-state index contributed by atoms with van der Waals surface area (Å²) in [6.45, 7) is 4.91. The van der Waals surface area contributed by atoms with Crippen molar-refractivity contribution in [1.29, 1.82) is 0 Å². The molecule has 2 nitrogen and oxygen atoms in total. The lowest BCUT2D eigenvalue weighted by atomic mass is 9.44. The Labute approximate surface area is 176 Å². The van der Waals surface area contributed by atoms with E-state index in [0.717, 1.165) is 43.4 Å². The Kier molecular flexibility index (Phi) is 4.74. The highest BCUT2D eigenvalue weighted by Gasteiger charge is 2.61. The Bertz CT molecular complexity index is 772. The highest BCUT2D eigenvalue weighted by Crippen LogP contribution is 2.66. The van der Waals surface area contributed by atoms with Crippen molar-refractivity contribution in [2.45, 2.75) is 83.7 Å². The van der Waals surface area contributed by atoms with E-state index in [9.17, 15) is 4.79 Å². The molecule has 0 aliphatic heterocycles. The summed E-state index contributed by atoms with van der Waals surface area (Å²) in [4.78, 5) is 12.6. The predicted molar refractivity (Wildman–Crippen MR) is 117 cm³/mol. The number of ketones is 1. The molecule has 1 aromatic carbocycles. The Hall–Kier alpha value is -1.15. The maximum Gasteiger partial charge on any atom is 0.139 e. The van der Waals surface area contributed by atoms with E-state index in [-0.39, 0.29) is 11.0 Å². The summed E-state index contributed by atoms with van der Waals surface area (Å²) < 4.78 is 6.27. The largest absolute Gasteiger partial charge is 0.378 e. The van der Waals surface area contributed by atoms with Crippen LogP contribution in [0.5, 0.6) is 0 Å². The average Bonchev–Trinajstić information content (AvgIpc) is 3.04. The molecule has 4 fully saturated rings. The van der Waals surface area contributed by atoms with Crippen LogP contribution in [0.4, 0.5) is 0 Å². The van der Waals surface area contributed by atoms with Gasteiger partial charge in [-0.05, 0) is 86.0 Å². The smallest absolute Gasteiger partial charge is 0.139 e. The number of methoxy groups -OCH3 is 1. The normalized spacial score (nSPS) is 46.7. The van der Waals surface area contributed by atoms with Gasteiger partial charge in [-0.15, -0.1) is 0 Å². The standard InChI is InChI=1S/C27H38O2/c1-25-15-16-27(29-3,17-19-7-5-4-6-8-19)18-20(25)9-10-21-22-11-12-24(28)26(22,2)14-13-23(21)25/h4-8,20-23H,9-18H2,1-3H3/t20?,21?,22?,23?,25-,26-,27-/m0/s1. The van der Waals surface area contributed by atoms with Crippen LogP contribution >= 0.6 is 0 Å². The quantitative estimate of drug-likeness (QED) is 0.608. The minimum Gasteiger partial charge on any atom is -0.378 e. The van der Waals surface area contributed by atoms with Crippen LogP contribution in [0.15, 0.2) is 30.3 Å². The second-order valence-corrected chi connectivity index (χ2v) is 11.3. The summed E-state index contributed by atoms with van der Waals surface area (Å²) in [7, 11) is 1.94. The second kappa shape index (κ2) is 6.94. The van der Waals surface area contributed by atoms with E-state index in [0.29, 0.717) is 17.1 Å². The van der Waals surface area contributed by atoms with Gasteiger partial charge in [0.1, 0.15) is 5.78 Å². The SMILES string of the molecule is CO[C@]1(Cc2ccccc2)CC[C@@]2(C)C(CCC3C2CC[C@]2(C)C(=O)CCC32)C1. The zero-order valence-corrected chi connectivity index (χ0v) is 18.6. The number of carbonyl (C=O) groups is 1. The molecule has 5 rings (SSSR count). The number of rotatable bonds is 3. The van der Waals surface area contributed by atoms with E-state index in [1.165, 1.54) is 44.1 Å². The van der Waals surface area contributed by atoms with Crippen molar-refractivity contribution in [2.24, 2.45) is 34.5 Å². The molecule has 0 N–H and O–H groups in total. The molecule has 2 heteroatoms. The fourth-order valence-corrected chi connectivity index (χ4v) is 8.46. The number of ether oxygens (including phenoxy) is 1. The molecule has 4 saturated carbocycles. The molecule has 158 valence electrons. The summed E-state index contributed by atoms with van der Waals surface area (Å²) in [5, 5.41) is 0. The van der Waals surface area contributed by atoms with Gasteiger partial charge < -0.3 is 4.74 Å². The molecular weight excluding hydrogens is 356 g/mol. The van der Waals surface area contributed by atoms with Crippen LogP contribution in [-0.2, 0) is 16.0 Å². The third kappa shape index (κ3) is 2.96. The first kappa shape index (κ1) is 19.8. The van der Waals surface area contributed by atoms with Crippen molar-refractivity contribution in [3.8, 4) is 0 Å². The van der Waals surface area contributed by atoms with Gasteiger partial charge in [0.2, 0.25) is 0 Å². The van der Waals surface area contributed by atoms with Crippen LogP contribution < -0.4 is 0 Å². The van der Waals surface area contributed by atoms with Crippen LogP contribution in [0.1, 0.15) is 77.2 Å². The summed E-state index contributed by atoms with van der Waals surface area (Å²) in [6, 6.07) is 10.9. The zero-order chi connectivity index (χ0) is 20.3. The minimum absolute atomic E-state index is 0.00261. The molecule has 0 heterocycles. The van der Waals surface area contributed by atoms with Crippen molar-refractivity contribution in [3.05, 3.63) is 35.9 Å². The van der Waals surface area contributed by atoms with Gasteiger partial charge in [-0.25, -0.2) is 0 Å². The molecule has 0 aromatic heterocycles. The number of hydrogen-bond donors (Lipinski definition) is 0. The van der Waals surface area contributed by atoms with E-state index in [1.54, 1.807) is 0 Å². The Balaban J connectivity index is 1.37. The highest BCUT2D eigenvalue weighted by atomic mass is 16.5. The van der Waals surface area contributed by atoms with Crippen molar-refractivity contribution in [2.75, 3.05) is 7.11 Å². The monoisotopic (exact) mass is 394 g/mol. The second-order valence-electron chi connectivity index (χ2n) is 11.3. The van der Waals surface area contributed by atoms with Crippen molar-refractivity contribution < 1.29 is 9.53 Å². The molecular formula is C27H38O2. The third-order valence-electron chi connectivity index (χ3n) is 10.3. The van der Waals surface area contributed by atoms with Crippen LogP contribution in [0.3, 0.4) is 0 Å². The molecule has 4 unspecified atom stereocenters. The van der Waals surface area contributed by atoms with E-state index in [1.807, 2.05) is 7.11 Å². The Morgan fingerprint density at radius 3 is 2.52 bits per heavy atom. The predicted octanol–water partition coefficient (Wildman–Crippen LogP) is 6.23. The van der Waals surface area contributed by atoms with E-state index in [4.69, 9.17) is 4.74 Å². The first-order valence-electron chi connectivity index (χ1n) is 12.0. The number of hydrogen-bond acceptors (Lipinski definition) is 2. The van der Waals surface area contributed by atoms with Gasteiger partial charge in [0.25, 0.3) is 0 Å². The van der Waals surface area contributed by atoms with Crippen molar-refractivity contribution in [3.63, 3.8) is 0 Å². The lowest BCUT2D eigenvalue weighted by molar-refractivity contribution is -0.160. The molecule has 0 radical (unpaired) electrons. The fraction of sp³-hybridized carbons (Fsp3) is 0.741. The van der Waals surface area contributed by atoms with Crippen molar-refractivity contribution >= 4 is 5.78 Å². The van der Waals surface area contributed by atoms with Gasteiger partial charge >= 0.3 is 0 Å². The van der Waals surface area contributed by atoms with Crippen LogP contribution in [-0.4, -0.2) is 18.5 Å². The molecule has 0 saturated heterocycles. The third-order valence-corrected chi connectivity index (χ3v) is 10.3. The van der Waals surface area contributed by atoms with Crippen LogP contribution in [0, 0.1) is 34.5 Å². The van der Waals surface area contributed by atoms with Gasteiger partial charge in [0, 0.05) is 25.4 Å². The molecule has 4 aliphatic rings. The van der Waals surface area contributed by atoms with E-state index in [2.05, 4.69) is 44.2 Å². The summed E-state index contributed by atoms with van der Waals surface area (Å²) in [5.41, 5.74) is 1.85. The molecule has 4 aliphatic carbocycles. The first-order chi connectivity index (χ1) is 13.9. The molecule has 29 heavy (non-hydrogen) atoms. The number of carbonyl (C=O) groups excluding carboxylic acids is 1. The van der Waals surface area contributed by atoms with Gasteiger partial charge in [0.15, 0.2) is 0 Å². The van der Waals surface area contributed by atoms with Gasteiger partial charge in [-0.1, -0.05) is 44.2 Å². The maximum absolute atomic E-state index is 12.6. The van der Waals surface area contributed by atoms with E-state index < -0.39 is 0 Å². The molecule has 0 spiro atoms. The minimum atomic E-state index is 0.00261. The summed E-state index contributed by atoms with van der Waals surface area (Å²) in [5.74, 6) is 3.59.